The average molecular weight is 604 g/mol. The molecule has 0 amide bonds. The number of nitriles is 2. The summed E-state index contributed by atoms with van der Waals surface area (Å²) in [7, 11) is 0. The predicted octanol–water partition coefficient (Wildman–Crippen LogP) is 2.50. The van der Waals surface area contributed by atoms with E-state index in [0.29, 0.717) is 45.7 Å². The lowest BCUT2D eigenvalue weighted by molar-refractivity contribution is 0.423. The van der Waals surface area contributed by atoms with Crippen molar-refractivity contribution in [2.24, 2.45) is 20.5 Å². The zero-order valence-corrected chi connectivity index (χ0v) is 23.6. The summed E-state index contributed by atoms with van der Waals surface area (Å²) in [5.74, 6) is 0.679. The second-order valence-electron chi connectivity index (χ2n) is 9.38. The number of aromatic hydroxyl groups is 1. The van der Waals surface area contributed by atoms with Gasteiger partial charge in [0.1, 0.15) is 34.9 Å². The van der Waals surface area contributed by atoms with E-state index in [1.165, 1.54) is 12.4 Å². The molecular weight excluding hydrogens is 586 g/mol. The molecule has 7 rings (SSSR count). The number of aromatic amines is 2. The molecule has 7 aromatic rings. The van der Waals surface area contributed by atoms with Gasteiger partial charge in [-0.1, -0.05) is 0 Å². The minimum absolute atomic E-state index is 0.0410. The molecular formula is C23H17N21O. The molecule has 0 radical (unpaired) electrons. The van der Waals surface area contributed by atoms with Crippen molar-refractivity contribution in [2.45, 2.75) is 27.7 Å². The standard InChI is InChI=1S/C23H17N21O/c1-9-15(19-37-31-11(3)41(19)39-9)33-35-17-13(5-24)7-26-43(17)21-28-22(30-23(45)29-21)44-18(14(6-25)8-27-44)36-34-16-10(2)40-42-12(4)32-38-20(16)42/h7-8,37-38H,1-4H3,(H,28,29,30,45). The lowest BCUT2D eigenvalue weighted by Crippen LogP contribution is -2.10. The number of hydrogen-bond acceptors (Lipinski definition) is 16. The van der Waals surface area contributed by atoms with Crippen LogP contribution < -0.4 is 0 Å². The van der Waals surface area contributed by atoms with E-state index in [1.54, 1.807) is 36.7 Å². The van der Waals surface area contributed by atoms with E-state index in [2.05, 4.69) is 76.2 Å². The highest BCUT2D eigenvalue weighted by Crippen LogP contribution is 2.31. The van der Waals surface area contributed by atoms with E-state index in [0.717, 1.165) is 9.36 Å². The highest BCUT2D eigenvalue weighted by Gasteiger charge is 2.22. The quantitative estimate of drug-likeness (QED) is 0.231. The topological polar surface area (TPSA) is 284 Å². The van der Waals surface area contributed by atoms with Crippen LogP contribution in [0.3, 0.4) is 0 Å². The zero-order valence-electron chi connectivity index (χ0n) is 23.6. The van der Waals surface area contributed by atoms with Gasteiger partial charge in [0.05, 0.1) is 23.8 Å². The van der Waals surface area contributed by atoms with Crippen molar-refractivity contribution < 1.29 is 5.11 Å². The van der Waals surface area contributed by atoms with Gasteiger partial charge < -0.3 is 5.11 Å². The van der Waals surface area contributed by atoms with Crippen molar-refractivity contribution >= 4 is 34.3 Å². The summed E-state index contributed by atoms with van der Waals surface area (Å²) in [6, 6.07) is 3.27. The molecule has 0 spiro atoms. The molecule has 0 bridgehead atoms. The van der Waals surface area contributed by atoms with E-state index in [4.69, 9.17) is 0 Å². The molecule has 0 saturated carbocycles. The molecule has 22 heteroatoms. The second-order valence-corrected chi connectivity index (χ2v) is 9.38. The maximum absolute atomic E-state index is 10.5. The molecule has 0 aliphatic rings. The van der Waals surface area contributed by atoms with Gasteiger partial charge in [-0.15, -0.1) is 20.5 Å². The first kappa shape index (κ1) is 26.7. The summed E-state index contributed by atoms with van der Waals surface area (Å²) < 4.78 is 5.32. The Morgan fingerprint density at radius 3 is 1.56 bits per heavy atom. The summed E-state index contributed by atoms with van der Waals surface area (Å²) in [5.41, 5.74) is 2.98. The maximum Gasteiger partial charge on any atom is 0.320 e. The van der Waals surface area contributed by atoms with Gasteiger partial charge in [0.25, 0.3) is 11.9 Å². The number of aryl methyl sites for hydroxylation is 4. The van der Waals surface area contributed by atoms with Crippen molar-refractivity contribution in [1.82, 2.24) is 74.1 Å². The molecule has 0 fully saturated rings. The van der Waals surface area contributed by atoms with Crippen LogP contribution in [0, 0.1) is 50.4 Å². The van der Waals surface area contributed by atoms with Crippen LogP contribution in [-0.2, 0) is 0 Å². The third-order valence-corrected chi connectivity index (χ3v) is 6.51. The first-order chi connectivity index (χ1) is 21.8. The fourth-order valence-electron chi connectivity index (χ4n) is 4.36. The van der Waals surface area contributed by atoms with Crippen LogP contribution in [0.2, 0.25) is 0 Å². The third kappa shape index (κ3) is 4.21. The lowest BCUT2D eigenvalue weighted by Gasteiger charge is -2.06. The number of nitrogens with one attached hydrogen (secondary N) is 2. The smallest absolute Gasteiger partial charge is 0.320 e. The van der Waals surface area contributed by atoms with Crippen molar-refractivity contribution in [3.05, 3.63) is 46.6 Å². The molecule has 0 saturated heterocycles. The van der Waals surface area contributed by atoms with Crippen LogP contribution in [0.4, 0.5) is 23.0 Å². The van der Waals surface area contributed by atoms with Gasteiger partial charge in [-0.25, -0.2) is 0 Å². The van der Waals surface area contributed by atoms with Gasteiger partial charge in [-0.05, 0) is 27.7 Å². The minimum Gasteiger partial charge on any atom is -0.479 e. The van der Waals surface area contributed by atoms with Gasteiger partial charge in [-0.3, -0.25) is 10.2 Å². The van der Waals surface area contributed by atoms with Crippen molar-refractivity contribution in [1.29, 1.82) is 10.5 Å². The molecule has 0 unspecified atom stereocenters. The molecule has 7 aromatic heterocycles. The van der Waals surface area contributed by atoms with Crippen molar-refractivity contribution in [3.8, 4) is 30.0 Å². The third-order valence-electron chi connectivity index (χ3n) is 6.51. The summed E-state index contributed by atoms with van der Waals surface area (Å²) in [6.07, 6.45) is 2.48. The molecule has 0 atom stereocenters. The highest BCUT2D eigenvalue weighted by molar-refractivity contribution is 5.67. The monoisotopic (exact) mass is 603 g/mol. The fraction of sp³-hybridized carbons (Fsp3) is 0.174. The van der Waals surface area contributed by atoms with Gasteiger partial charge in [0.15, 0.2) is 34.3 Å². The summed E-state index contributed by atoms with van der Waals surface area (Å²) >= 11 is 0. The number of rotatable bonds is 6. The van der Waals surface area contributed by atoms with E-state index < -0.39 is 6.01 Å². The Bertz CT molecular complexity index is 2260. The number of nitrogens with zero attached hydrogens (tertiary/aromatic N) is 19. The van der Waals surface area contributed by atoms with E-state index >= 15 is 0 Å². The summed E-state index contributed by atoms with van der Waals surface area (Å²) in [5, 5.41) is 78.0. The number of H-pyrrole nitrogens is 2. The molecule has 3 N–H and O–H groups in total. The highest BCUT2D eigenvalue weighted by atomic mass is 16.3. The normalized spacial score (nSPS) is 11.9. The van der Waals surface area contributed by atoms with Crippen molar-refractivity contribution in [3.63, 3.8) is 0 Å². The summed E-state index contributed by atoms with van der Waals surface area (Å²) in [6.45, 7) is 7.03. The Hall–Kier alpha value is -7.23. The molecule has 0 aliphatic heterocycles. The molecule has 220 valence electrons. The van der Waals surface area contributed by atoms with Crippen LogP contribution in [0.25, 0.3) is 23.2 Å². The Morgan fingerprint density at radius 1 is 0.689 bits per heavy atom. The molecule has 0 aromatic carbocycles. The Kier molecular flexibility index (Phi) is 5.89. The first-order valence-electron chi connectivity index (χ1n) is 12.8. The van der Waals surface area contributed by atoms with Crippen LogP contribution in [0.15, 0.2) is 32.9 Å². The molecule has 45 heavy (non-hydrogen) atoms. The number of hydrogen-bond donors (Lipinski definition) is 3. The largest absolute Gasteiger partial charge is 0.479 e. The van der Waals surface area contributed by atoms with Gasteiger partial charge >= 0.3 is 6.01 Å². The fourth-order valence-corrected chi connectivity index (χ4v) is 4.36. The zero-order chi connectivity index (χ0) is 31.4. The van der Waals surface area contributed by atoms with Gasteiger partial charge in [-0.2, -0.15) is 74.5 Å². The Balaban J connectivity index is 1.30. The number of aromatic nitrogens is 15. The minimum atomic E-state index is -0.715. The maximum atomic E-state index is 10.5. The molecule has 22 nitrogen and oxygen atoms in total. The first-order valence-corrected chi connectivity index (χ1v) is 12.8. The predicted molar refractivity (Wildman–Crippen MR) is 147 cm³/mol. The van der Waals surface area contributed by atoms with Crippen LogP contribution >= 0.6 is 0 Å². The van der Waals surface area contributed by atoms with Crippen LogP contribution in [0.5, 0.6) is 6.01 Å². The van der Waals surface area contributed by atoms with E-state index in [9.17, 15) is 15.6 Å². The van der Waals surface area contributed by atoms with Crippen LogP contribution in [0.1, 0.15) is 34.2 Å². The van der Waals surface area contributed by atoms with Crippen LogP contribution in [-0.4, -0.2) is 79.2 Å². The average Bonchev–Trinajstić information content (AvgIpc) is 3.86. The summed E-state index contributed by atoms with van der Waals surface area (Å²) in [4.78, 5) is 12.3. The SMILES string of the molecule is Cc1nn2c(C)n[nH]c2c1N=Nc1c(C#N)cnn1-c1nc(O)nc(-n2ncc(C#N)c2N=Nc2c(C)nn3c(C)n[nH]c23)n1. The van der Waals surface area contributed by atoms with Crippen molar-refractivity contribution in [2.75, 3.05) is 0 Å². The van der Waals surface area contributed by atoms with Gasteiger partial charge in [0, 0.05) is 0 Å². The molecule has 7 heterocycles. The van der Waals surface area contributed by atoms with E-state index in [-0.39, 0.29) is 34.7 Å². The Morgan fingerprint density at radius 2 is 1.13 bits per heavy atom. The van der Waals surface area contributed by atoms with Gasteiger partial charge in [0.2, 0.25) is 0 Å². The number of fused-ring (bicyclic) bond motifs is 2. The lowest BCUT2D eigenvalue weighted by atomic mass is 10.4. The van der Waals surface area contributed by atoms with E-state index in [1.807, 2.05) is 12.1 Å². The Labute approximate surface area is 249 Å². The second kappa shape index (κ2) is 9.95. The molecule has 0 aliphatic carbocycles. The number of azo groups is 2.